The number of aliphatic carboxylic acids is 1. The van der Waals surface area contributed by atoms with Gasteiger partial charge in [-0.15, -0.1) is 0 Å². The van der Waals surface area contributed by atoms with Crippen LogP contribution < -0.4 is 15.5 Å². The lowest BCUT2D eigenvalue weighted by molar-refractivity contribution is -0.155. The van der Waals surface area contributed by atoms with E-state index in [2.05, 4.69) is 10.6 Å². The summed E-state index contributed by atoms with van der Waals surface area (Å²) >= 11 is 0. The van der Waals surface area contributed by atoms with Gasteiger partial charge in [-0.05, 0) is 43.7 Å². The van der Waals surface area contributed by atoms with E-state index in [0.717, 1.165) is 18.2 Å². The van der Waals surface area contributed by atoms with Crippen molar-refractivity contribution < 1.29 is 24.6 Å². The number of rotatable bonds is 8. The van der Waals surface area contributed by atoms with Gasteiger partial charge in [0.2, 0.25) is 5.91 Å². The standard InChI is InChI=1S/C21H25N3O5/c1-3-24(17-7-5-4-6-8-17)18(25)13-15-9-11-16(12-10-15)23-20(28)22-14-21(2,29)19(26)27/h4-12,29H,3,13-14H2,1-2H3,(H,26,27)(H2,22,23,28). The first kappa shape index (κ1) is 21.9. The summed E-state index contributed by atoms with van der Waals surface area (Å²) in [7, 11) is 0. The molecule has 1 atom stereocenters. The van der Waals surface area contributed by atoms with Gasteiger partial charge in [0.25, 0.3) is 0 Å². The molecule has 0 bridgehead atoms. The molecule has 2 rings (SSSR count). The Balaban J connectivity index is 1.92. The number of hydrogen-bond donors (Lipinski definition) is 4. The number of aliphatic hydroxyl groups is 1. The zero-order valence-corrected chi connectivity index (χ0v) is 16.4. The Morgan fingerprint density at radius 1 is 1.03 bits per heavy atom. The third-order valence-corrected chi connectivity index (χ3v) is 4.31. The maximum Gasteiger partial charge on any atom is 0.337 e. The molecule has 2 aromatic carbocycles. The number of nitrogens with one attached hydrogen (secondary N) is 2. The maximum atomic E-state index is 12.6. The maximum absolute atomic E-state index is 12.6. The molecule has 0 radical (unpaired) electrons. The van der Waals surface area contributed by atoms with Crippen molar-refractivity contribution in [3.05, 3.63) is 60.2 Å². The topological polar surface area (TPSA) is 119 Å². The van der Waals surface area contributed by atoms with Gasteiger partial charge in [0.05, 0.1) is 13.0 Å². The van der Waals surface area contributed by atoms with Gasteiger partial charge in [-0.25, -0.2) is 9.59 Å². The van der Waals surface area contributed by atoms with Crippen molar-refractivity contribution in [2.24, 2.45) is 0 Å². The number of hydrogen-bond acceptors (Lipinski definition) is 4. The van der Waals surface area contributed by atoms with E-state index in [-0.39, 0.29) is 12.3 Å². The summed E-state index contributed by atoms with van der Waals surface area (Å²) in [5.41, 5.74) is 0.0614. The molecule has 3 amide bonds. The molecule has 4 N–H and O–H groups in total. The number of amides is 3. The summed E-state index contributed by atoms with van der Waals surface area (Å²) in [5.74, 6) is -1.46. The first-order valence-corrected chi connectivity index (χ1v) is 9.18. The van der Waals surface area contributed by atoms with Gasteiger partial charge >= 0.3 is 12.0 Å². The number of nitrogens with zero attached hydrogens (tertiary/aromatic N) is 1. The quantitative estimate of drug-likeness (QED) is 0.543. The summed E-state index contributed by atoms with van der Waals surface area (Å²) in [6, 6.07) is 15.6. The van der Waals surface area contributed by atoms with Crippen molar-refractivity contribution in [1.29, 1.82) is 0 Å². The van der Waals surface area contributed by atoms with E-state index in [9.17, 15) is 19.5 Å². The van der Waals surface area contributed by atoms with E-state index in [1.807, 2.05) is 37.3 Å². The van der Waals surface area contributed by atoms with Crippen LogP contribution in [0.1, 0.15) is 19.4 Å². The van der Waals surface area contributed by atoms with E-state index < -0.39 is 24.1 Å². The Labute approximate surface area is 169 Å². The average Bonchev–Trinajstić information content (AvgIpc) is 2.69. The van der Waals surface area contributed by atoms with Crippen molar-refractivity contribution in [3.63, 3.8) is 0 Å². The molecule has 0 aliphatic heterocycles. The zero-order valence-electron chi connectivity index (χ0n) is 16.4. The molecule has 0 heterocycles. The molecule has 1 unspecified atom stereocenters. The van der Waals surface area contributed by atoms with Crippen LogP contribution in [0.4, 0.5) is 16.2 Å². The van der Waals surface area contributed by atoms with Crippen LogP contribution in [0.3, 0.4) is 0 Å². The van der Waals surface area contributed by atoms with Gasteiger partial charge < -0.3 is 25.7 Å². The number of urea groups is 1. The molecule has 0 saturated carbocycles. The largest absolute Gasteiger partial charge is 0.479 e. The predicted octanol–water partition coefficient (Wildman–Crippen LogP) is 2.24. The van der Waals surface area contributed by atoms with Crippen molar-refractivity contribution >= 4 is 29.3 Å². The van der Waals surface area contributed by atoms with Crippen molar-refractivity contribution in [2.75, 3.05) is 23.3 Å². The lowest BCUT2D eigenvalue weighted by atomic mass is 10.1. The van der Waals surface area contributed by atoms with E-state index in [1.54, 1.807) is 29.2 Å². The van der Waals surface area contributed by atoms with E-state index in [4.69, 9.17) is 5.11 Å². The summed E-state index contributed by atoms with van der Waals surface area (Å²) in [5, 5.41) is 23.3. The third-order valence-electron chi connectivity index (χ3n) is 4.31. The van der Waals surface area contributed by atoms with Gasteiger partial charge in [-0.1, -0.05) is 30.3 Å². The summed E-state index contributed by atoms with van der Waals surface area (Å²) in [6.07, 6.45) is 0.219. The van der Waals surface area contributed by atoms with Crippen LogP contribution in [0, 0.1) is 0 Å². The molecule has 29 heavy (non-hydrogen) atoms. The molecule has 2 aromatic rings. The second kappa shape index (κ2) is 9.70. The monoisotopic (exact) mass is 399 g/mol. The number of carboxylic acid groups (broad SMARTS) is 1. The minimum Gasteiger partial charge on any atom is -0.479 e. The molecule has 8 nitrogen and oxygen atoms in total. The number of benzene rings is 2. The lowest BCUT2D eigenvalue weighted by Crippen LogP contribution is -2.47. The van der Waals surface area contributed by atoms with E-state index in [0.29, 0.717) is 12.2 Å². The molecule has 0 saturated heterocycles. The summed E-state index contributed by atoms with van der Waals surface area (Å²) in [6.45, 7) is 3.13. The van der Waals surface area contributed by atoms with Gasteiger partial charge in [0.1, 0.15) is 0 Å². The second-order valence-corrected chi connectivity index (χ2v) is 6.73. The predicted molar refractivity (Wildman–Crippen MR) is 110 cm³/mol. The average molecular weight is 399 g/mol. The van der Waals surface area contributed by atoms with Crippen LogP contribution in [0.2, 0.25) is 0 Å². The van der Waals surface area contributed by atoms with Crippen LogP contribution in [-0.2, 0) is 16.0 Å². The van der Waals surface area contributed by atoms with Crippen molar-refractivity contribution in [1.82, 2.24) is 5.32 Å². The lowest BCUT2D eigenvalue weighted by Gasteiger charge is -2.21. The van der Waals surface area contributed by atoms with Gasteiger partial charge in [-0.3, -0.25) is 4.79 Å². The zero-order chi connectivity index (χ0) is 21.4. The molecular formula is C21H25N3O5. The first-order valence-electron chi connectivity index (χ1n) is 9.18. The van der Waals surface area contributed by atoms with Crippen LogP contribution in [-0.4, -0.2) is 46.8 Å². The molecule has 0 aliphatic carbocycles. The number of likely N-dealkylation sites (N-methyl/N-ethyl adjacent to an activating group) is 1. The minimum atomic E-state index is -2.05. The van der Waals surface area contributed by atoms with Crippen LogP contribution in [0.15, 0.2) is 54.6 Å². The smallest absolute Gasteiger partial charge is 0.337 e. The number of carboxylic acids is 1. The molecule has 0 aromatic heterocycles. The third kappa shape index (κ3) is 6.32. The number of carbonyl (C=O) groups excluding carboxylic acids is 2. The molecule has 0 fully saturated rings. The molecule has 8 heteroatoms. The number of para-hydroxylation sites is 1. The van der Waals surface area contributed by atoms with Gasteiger partial charge in [0.15, 0.2) is 5.60 Å². The second-order valence-electron chi connectivity index (χ2n) is 6.73. The van der Waals surface area contributed by atoms with Gasteiger partial charge in [-0.2, -0.15) is 0 Å². The van der Waals surface area contributed by atoms with Crippen LogP contribution in [0.5, 0.6) is 0 Å². The molecular weight excluding hydrogens is 374 g/mol. The highest BCUT2D eigenvalue weighted by atomic mass is 16.4. The number of anilines is 2. The van der Waals surface area contributed by atoms with E-state index >= 15 is 0 Å². The minimum absolute atomic E-state index is 0.0342. The highest BCUT2D eigenvalue weighted by molar-refractivity contribution is 5.95. The fraction of sp³-hybridized carbons (Fsp3) is 0.286. The molecule has 0 spiro atoms. The molecule has 0 aliphatic rings. The Kier molecular flexibility index (Phi) is 7.33. The molecule has 154 valence electrons. The Morgan fingerprint density at radius 2 is 1.66 bits per heavy atom. The summed E-state index contributed by atoms with van der Waals surface area (Å²) < 4.78 is 0. The van der Waals surface area contributed by atoms with Crippen molar-refractivity contribution in [2.45, 2.75) is 25.9 Å². The van der Waals surface area contributed by atoms with Crippen molar-refractivity contribution in [3.8, 4) is 0 Å². The van der Waals surface area contributed by atoms with Crippen LogP contribution >= 0.6 is 0 Å². The Morgan fingerprint density at radius 3 is 2.21 bits per heavy atom. The fourth-order valence-electron chi connectivity index (χ4n) is 2.59. The normalized spacial score (nSPS) is 12.5. The number of carbonyl (C=O) groups is 3. The SMILES string of the molecule is CCN(C(=O)Cc1ccc(NC(=O)NCC(C)(O)C(=O)O)cc1)c1ccccc1. The Hall–Kier alpha value is -3.39. The van der Waals surface area contributed by atoms with Crippen LogP contribution in [0.25, 0.3) is 0 Å². The fourth-order valence-corrected chi connectivity index (χ4v) is 2.59. The van der Waals surface area contributed by atoms with Gasteiger partial charge in [0, 0.05) is 17.9 Å². The highest BCUT2D eigenvalue weighted by Gasteiger charge is 2.30. The first-order chi connectivity index (χ1) is 13.7. The highest BCUT2D eigenvalue weighted by Crippen LogP contribution is 2.16. The summed E-state index contributed by atoms with van der Waals surface area (Å²) in [4.78, 5) is 37.0. The Bertz CT molecular complexity index is 850. The van der Waals surface area contributed by atoms with E-state index in [1.165, 1.54) is 0 Å².